The van der Waals surface area contributed by atoms with E-state index in [0.717, 1.165) is 25.0 Å². The molecule has 3 nitrogen and oxygen atoms in total. The average Bonchev–Trinajstić information content (AvgIpc) is 2.95. The molecule has 1 aromatic carbocycles. The number of hydrogen-bond donors (Lipinski definition) is 1. The summed E-state index contributed by atoms with van der Waals surface area (Å²) >= 11 is 0. The Hall–Kier alpha value is -1.61. The molecule has 0 spiro atoms. The lowest BCUT2D eigenvalue weighted by Gasteiger charge is -2.16. The van der Waals surface area contributed by atoms with Crippen LogP contribution in [-0.2, 0) is 6.42 Å². The van der Waals surface area contributed by atoms with Gasteiger partial charge in [0.15, 0.2) is 0 Å². The van der Waals surface area contributed by atoms with Crippen molar-refractivity contribution in [2.24, 2.45) is 0 Å². The molecule has 2 rings (SSSR count). The Balaban J connectivity index is 2.09. The lowest BCUT2D eigenvalue weighted by atomic mass is 10.0. The number of benzene rings is 1. The first-order valence-electron chi connectivity index (χ1n) is 7.54. The second kappa shape index (κ2) is 7.25. The van der Waals surface area contributed by atoms with E-state index in [1.54, 1.807) is 0 Å². The van der Waals surface area contributed by atoms with Gasteiger partial charge >= 0.3 is 0 Å². The highest BCUT2D eigenvalue weighted by atomic mass is 15.3. The Labute approximate surface area is 122 Å². The van der Waals surface area contributed by atoms with Crippen molar-refractivity contribution in [1.82, 2.24) is 15.1 Å². The van der Waals surface area contributed by atoms with Gasteiger partial charge in [-0.2, -0.15) is 5.10 Å². The summed E-state index contributed by atoms with van der Waals surface area (Å²) < 4.78 is 2.12. The molecule has 0 radical (unpaired) electrons. The summed E-state index contributed by atoms with van der Waals surface area (Å²) in [7, 11) is 2.01. The first kappa shape index (κ1) is 14.8. The van der Waals surface area contributed by atoms with E-state index >= 15 is 0 Å². The van der Waals surface area contributed by atoms with Crippen molar-refractivity contribution in [2.75, 3.05) is 7.05 Å². The van der Waals surface area contributed by atoms with Crippen LogP contribution in [0.5, 0.6) is 0 Å². The van der Waals surface area contributed by atoms with Crippen LogP contribution in [0.2, 0.25) is 0 Å². The average molecular weight is 271 g/mol. The quantitative estimate of drug-likeness (QED) is 0.831. The third-order valence-corrected chi connectivity index (χ3v) is 3.94. The number of nitrogens with one attached hydrogen (secondary N) is 1. The van der Waals surface area contributed by atoms with E-state index in [1.807, 2.05) is 7.05 Å². The van der Waals surface area contributed by atoms with Crippen LogP contribution in [0.1, 0.15) is 50.0 Å². The van der Waals surface area contributed by atoms with Crippen LogP contribution >= 0.6 is 0 Å². The molecule has 2 aromatic rings. The second-order valence-electron chi connectivity index (χ2n) is 5.21. The molecule has 0 aliphatic carbocycles. The molecule has 1 N–H and O–H groups in total. The van der Waals surface area contributed by atoms with E-state index in [4.69, 9.17) is 5.10 Å². The fourth-order valence-electron chi connectivity index (χ4n) is 2.63. The molecular weight excluding hydrogens is 246 g/mol. The van der Waals surface area contributed by atoms with Gasteiger partial charge in [0.2, 0.25) is 0 Å². The van der Waals surface area contributed by atoms with Crippen molar-refractivity contribution >= 4 is 0 Å². The SMILES string of the molecule is CCC(CC)n1ccc(CC(NC)c2ccccc2)n1. The molecule has 0 saturated carbocycles. The lowest BCUT2D eigenvalue weighted by Crippen LogP contribution is -2.19. The number of aromatic nitrogens is 2. The molecule has 1 heterocycles. The predicted molar refractivity (Wildman–Crippen MR) is 83.8 cm³/mol. The van der Waals surface area contributed by atoms with Crippen molar-refractivity contribution in [2.45, 2.75) is 45.2 Å². The van der Waals surface area contributed by atoms with Gasteiger partial charge in [-0.05, 0) is 31.5 Å². The topological polar surface area (TPSA) is 29.9 Å². The molecule has 3 heteroatoms. The molecule has 0 fully saturated rings. The summed E-state index contributed by atoms with van der Waals surface area (Å²) in [4.78, 5) is 0. The molecule has 1 atom stereocenters. The summed E-state index contributed by atoms with van der Waals surface area (Å²) in [6.45, 7) is 4.44. The minimum Gasteiger partial charge on any atom is -0.313 e. The number of likely N-dealkylation sites (N-methyl/N-ethyl adjacent to an activating group) is 1. The van der Waals surface area contributed by atoms with Crippen LogP contribution in [0.25, 0.3) is 0 Å². The maximum absolute atomic E-state index is 4.74. The smallest absolute Gasteiger partial charge is 0.0643 e. The minimum absolute atomic E-state index is 0.321. The van der Waals surface area contributed by atoms with E-state index in [0.29, 0.717) is 12.1 Å². The minimum atomic E-state index is 0.321. The highest BCUT2D eigenvalue weighted by Crippen LogP contribution is 2.19. The van der Waals surface area contributed by atoms with Gasteiger partial charge in [-0.25, -0.2) is 0 Å². The maximum Gasteiger partial charge on any atom is 0.0643 e. The normalized spacial score (nSPS) is 12.8. The molecule has 0 saturated heterocycles. The fourth-order valence-corrected chi connectivity index (χ4v) is 2.63. The highest BCUT2D eigenvalue weighted by molar-refractivity contribution is 5.20. The molecule has 108 valence electrons. The molecule has 1 aromatic heterocycles. The van der Waals surface area contributed by atoms with Gasteiger partial charge < -0.3 is 5.32 Å². The van der Waals surface area contributed by atoms with Gasteiger partial charge in [0, 0.05) is 18.7 Å². The third kappa shape index (κ3) is 3.48. The van der Waals surface area contributed by atoms with Gasteiger partial charge in [0.05, 0.1) is 11.7 Å². The van der Waals surface area contributed by atoms with Crippen molar-refractivity contribution in [3.05, 3.63) is 53.9 Å². The van der Waals surface area contributed by atoms with Gasteiger partial charge in [-0.1, -0.05) is 44.2 Å². The van der Waals surface area contributed by atoms with Gasteiger partial charge in [0.1, 0.15) is 0 Å². The zero-order valence-electron chi connectivity index (χ0n) is 12.7. The van der Waals surface area contributed by atoms with Crippen LogP contribution in [0.4, 0.5) is 0 Å². The van der Waals surface area contributed by atoms with Crippen LogP contribution in [-0.4, -0.2) is 16.8 Å². The molecule has 0 aliphatic heterocycles. The largest absolute Gasteiger partial charge is 0.313 e. The number of nitrogens with zero attached hydrogens (tertiary/aromatic N) is 2. The first-order valence-corrected chi connectivity index (χ1v) is 7.54. The Bertz CT molecular complexity index is 500. The van der Waals surface area contributed by atoms with Gasteiger partial charge in [-0.3, -0.25) is 4.68 Å². The number of hydrogen-bond acceptors (Lipinski definition) is 2. The first-order chi connectivity index (χ1) is 9.78. The summed E-state index contributed by atoms with van der Waals surface area (Å²) in [5.74, 6) is 0. The summed E-state index contributed by atoms with van der Waals surface area (Å²) in [6, 6.07) is 13.5. The maximum atomic E-state index is 4.74. The van der Waals surface area contributed by atoms with E-state index < -0.39 is 0 Å². The van der Waals surface area contributed by atoms with Crippen molar-refractivity contribution in [3.8, 4) is 0 Å². The summed E-state index contributed by atoms with van der Waals surface area (Å²) in [6.07, 6.45) is 5.30. The molecule has 20 heavy (non-hydrogen) atoms. The third-order valence-electron chi connectivity index (χ3n) is 3.94. The highest BCUT2D eigenvalue weighted by Gasteiger charge is 2.13. The van der Waals surface area contributed by atoms with Crippen LogP contribution in [0.15, 0.2) is 42.6 Å². The Kier molecular flexibility index (Phi) is 5.36. The van der Waals surface area contributed by atoms with E-state index in [2.05, 4.69) is 66.4 Å². The van der Waals surface area contributed by atoms with Gasteiger partial charge in [-0.15, -0.1) is 0 Å². The molecule has 0 bridgehead atoms. The standard InChI is InChI=1S/C17H25N3/c1-4-16(5-2)20-12-11-15(19-20)13-17(18-3)14-9-7-6-8-10-14/h6-12,16-18H,4-5,13H2,1-3H3. The van der Waals surface area contributed by atoms with Crippen molar-refractivity contribution < 1.29 is 0 Å². The zero-order chi connectivity index (χ0) is 14.4. The van der Waals surface area contributed by atoms with E-state index in [1.165, 1.54) is 5.56 Å². The van der Waals surface area contributed by atoms with Crippen LogP contribution in [0, 0.1) is 0 Å². The van der Waals surface area contributed by atoms with Crippen LogP contribution in [0.3, 0.4) is 0 Å². The van der Waals surface area contributed by atoms with E-state index in [9.17, 15) is 0 Å². The summed E-state index contributed by atoms with van der Waals surface area (Å²) in [5, 5.41) is 8.13. The summed E-state index contributed by atoms with van der Waals surface area (Å²) in [5.41, 5.74) is 2.46. The second-order valence-corrected chi connectivity index (χ2v) is 5.21. The predicted octanol–water partition coefficient (Wildman–Crippen LogP) is 3.75. The van der Waals surface area contributed by atoms with Crippen LogP contribution < -0.4 is 5.32 Å². The Morgan fingerprint density at radius 3 is 2.40 bits per heavy atom. The van der Waals surface area contributed by atoms with Crippen molar-refractivity contribution in [3.63, 3.8) is 0 Å². The molecular formula is C17H25N3. The molecule has 0 aliphatic rings. The zero-order valence-corrected chi connectivity index (χ0v) is 12.7. The number of rotatable bonds is 7. The monoisotopic (exact) mass is 271 g/mol. The Morgan fingerprint density at radius 2 is 1.80 bits per heavy atom. The lowest BCUT2D eigenvalue weighted by molar-refractivity contribution is 0.423. The Morgan fingerprint density at radius 1 is 1.10 bits per heavy atom. The van der Waals surface area contributed by atoms with Crippen molar-refractivity contribution in [1.29, 1.82) is 0 Å². The fraction of sp³-hybridized carbons (Fsp3) is 0.471. The van der Waals surface area contributed by atoms with Gasteiger partial charge in [0.25, 0.3) is 0 Å². The molecule has 1 unspecified atom stereocenters. The van der Waals surface area contributed by atoms with E-state index in [-0.39, 0.29) is 0 Å². The molecule has 0 amide bonds.